The second kappa shape index (κ2) is 5.46. The Hall–Kier alpha value is -1.52. The first-order valence-electron chi connectivity index (χ1n) is 5.46. The molecule has 0 saturated heterocycles. The summed E-state index contributed by atoms with van der Waals surface area (Å²) in [5.41, 5.74) is -1.40. The molecule has 0 bridgehead atoms. The Kier molecular flexibility index (Phi) is 4.06. The highest BCUT2D eigenvalue weighted by molar-refractivity contribution is 6.35. The summed E-state index contributed by atoms with van der Waals surface area (Å²) in [6, 6.07) is 8.54. The van der Waals surface area contributed by atoms with E-state index >= 15 is 0 Å². The SMILES string of the molecule is O=C(c1cc(Cl)cc(Cl)c1)c1ccccc1C(F)(F)F. The van der Waals surface area contributed by atoms with Gasteiger partial charge < -0.3 is 0 Å². The molecule has 2 aromatic rings. The molecule has 0 aliphatic carbocycles. The van der Waals surface area contributed by atoms with Crippen LogP contribution in [0.3, 0.4) is 0 Å². The lowest BCUT2D eigenvalue weighted by molar-refractivity contribution is -0.137. The number of alkyl halides is 3. The summed E-state index contributed by atoms with van der Waals surface area (Å²) in [6.07, 6.45) is -4.60. The van der Waals surface area contributed by atoms with Gasteiger partial charge in [0.25, 0.3) is 0 Å². The first-order chi connectivity index (χ1) is 9.29. The smallest absolute Gasteiger partial charge is 0.289 e. The van der Waals surface area contributed by atoms with E-state index in [0.29, 0.717) is 0 Å². The number of ketones is 1. The Morgan fingerprint density at radius 2 is 1.50 bits per heavy atom. The molecule has 0 saturated carbocycles. The zero-order valence-corrected chi connectivity index (χ0v) is 11.4. The van der Waals surface area contributed by atoms with Crippen molar-refractivity contribution < 1.29 is 18.0 Å². The van der Waals surface area contributed by atoms with E-state index in [9.17, 15) is 18.0 Å². The van der Waals surface area contributed by atoms with Crippen molar-refractivity contribution in [2.45, 2.75) is 6.18 Å². The molecule has 0 aliphatic heterocycles. The molecule has 0 radical (unpaired) electrons. The van der Waals surface area contributed by atoms with E-state index in [4.69, 9.17) is 23.2 Å². The molecule has 20 heavy (non-hydrogen) atoms. The van der Waals surface area contributed by atoms with Crippen LogP contribution in [0.1, 0.15) is 21.5 Å². The van der Waals surface area contributed by atoms with Gasteiger partial charge in [-0.25, -0.2) is 0 Å². The summed E-state index contributed by atoms with van der Waals surface area (Å²) >= 11 is 11.5. The molecular weight excluding hydrogens is 312 g/mol. The highest BCUT2D eigenvalue weighted by Crippen LogP contribution is 2.33. The van der Waals surface area contributed by atoms with Gasteiger partial charge in [0.05, 0.1) is 5.56 Å². The number of hydrogen-bond acceptors (Lipinski definition) is 1. The van der Waals surface area contributed by atoms with Crippen molar-refractivity contribution in [2.24, 2.45) is 0 Å². The van der Waals surface area contributed by atoms with Gasteiger partial charge in [-0.2, -0.15) is 13.2 Å². The zero-order valence-electron chi connectivity index (χ0n) is 9.84. The Bertz CT molecular complexity index is 645. The molecule has 6 heteroatoms. The summed E-state index contributed by atoms with van der Waals surface area (Å²) in [7, 11) is 0. The van der Waals surface area contributed by atoms with Crippen LogP contribution in [0.5, 0.6) is 0 Å². The summed E-state index contributed by atoms with van der Waals surface area (Å²) in [5.74, 6) is -0.776. The van der Waals surface area contributed by atoms with Crippen molar-refractivity contribution in [1.82, 2.24) is 0 Å². The second-order valence-corrected chi connectivity index (χ2v) is 4.90. The minimum absolute atomic E-state index is 0.0131. The third kappa shape index (κ3) is 3.14. The molecule has 0 unspecified atom stereocenters. The molecule has 0 aromatic heterocycles. The van der Waals surface area contributed by atoms with Crippen LogP contribution in [-0.4, -0.2) is 5.78 Å². The van der Waals surface area contributed by atoms with Gasteiger partial charge in [0.1, 0.15) is 0 Å². The Balaban J connectivity index is 2.54. The lowest BCUT2D eigenvalue weighted by Gasteiger charge is -2.12. The minimum Gasteiger partial charge on any atom is -0.289 e. The molecule has 0 spiro atoms. The fourth-order valence-corrected chi connectivity index (χ4v) is 2.29. The van der Waals surface area contributed by atoms with Gasteiger partial charge in [-0.15, -0.1) is 0 Å². The minimum atomic E-state index is -4.60. The third-order valence-electron chi connectivity index (χ3n) is 2.60. The fourth-order valence-electron chi connectivity index (χ4n) is 1.77. The van der Waals surface area contributed by atoms with Crippen LogP contribution in [0, 0.1) is 0 Å². The molecule has 0 aliphatic rings. The van der Waals surface area contributed by atoms with Crippen molar-refractivity contribution >= 4 is 29.0 Å². The average Bonchev–Trinajstić information content (AvgIpc) is 2.35. The molecular formula is C14H7Cl2F3O. The maximum atomic E-state index is 12.9. The van der Waals surface area contributed by atoms with Crippen LogP contribution in [-0.2, 0) is 6.18 Å². The predicted octanol–water partition coefficient (Wildman–Crippen LogP) is 5.24. The van der Waals surface area contributed by atoms with Crippen molar-refractivity contribution in [1.29, 1.82) is 0 Å². The first-order valence-corrected chi connectivity index (χ1v) is 6.21. The number of rotatable bonds is 2. The predicted molar refractivity (Wildman–Crippen MR) is 71.3 cm³/mol. The van der Waals surface area contributed by atoms with Gasteiger partial charge in [-0.3, -0.25) is 4.79 Å². The maximum absolute atomic E-state index is 12.9. The Morgan fingerprint density at radius 1 is 0.950 bits per heavy atom. The molecule has 2 aromatic carbocycles. The van der Waals surface area contributed by atoms with Crippen LogP contribution in [0.4, 0.5) is 13.2 Å². The second-order valence-electron chi connectivity index (χ2n) is 4.03. The first kappa shape index (κ1) is 14.9. The zero-order chi connectivity index (χ0) is 14.9. The molecule has 0 fully saturated rings. The van der Waals surface area contributed by atoms with Crippen molar-refractivity contribution in [3.05, 3.63) is 69.2 Å². The van der Waals surface area contributed by atoms with Crippen LogP contribution in [0.15, 0.2) is 42.5 Å². The van der Waals surface area contributed by atoms with E-state index < -0.39 is 23.1 Å². The van der Waals surface area contributed by atoms with E-state index in [1.165, 1.54) is 30.3 Å². The van der Waals surface area contributed by atoms with E-state index in [0.717, 1.165) is 12.1 Å². The number of carbonyl (C=O) groups is 1. The van der Waals surface area contributed by atoms with Crippen LogP contribution >= 0.6 is 23.2 Å². The summed E-state index contributed by atoms with van der Waals surface area (Å²) in [5, 5.41) is 0.371. The molecule has 2 rings (SSSR count). The maximum Gasteiger partial charge on any atom is 0.417 e. The highest BCUT2D eigenvalue weighted by Gasteiger charge is 2.35. The molecule has 1 nitrogen and oxygen atoms in total. The number of hydrogen-bond donors (Lipinski definition) is 0. The van der Waals surface area contributed by atoms with Gasteiger partial charge in [-0.1, -0.05) is 41.4 Å². The standard InChI is InChI=1S/C14H7Cl2F3O/c15-9-5-8(6-10(16)7-9)13(20)11-3-1-2-4-12(11)14(17,18)19/h1-7H. The van der Waals surface area contributed by atoms with Gasteiger partial charge in [-0.05, 0) is 24.3 Å². The van der Waals surface area contributed by atoms with Gasteiger partial charge in [0.2, 0.25) is 0 Å². The van der Waals surface area contributed by atoms with Gasteiger partial charge >= 0.3 is 6.18 Å². The molecule has 0 heterocycles. The van der Waals surface area contributed by atoms with Crippen molar-refractivity contribution in [3.63, 3.8) is 0 Å². The monoisotopic (exact) mass is 318 g/mol. The van der Waals surface area contributed by atoms with Gasteiger partial charge in [0.15, 0.2) is 5.78 Å². The summed E-state index contributed by atoms with van der Waals surface area (Å²) in [4.78, 5) is 12.2. The molecule has 104 valence electrons. The van der Waals surface area contributed by atoms with E-state index in [-0.39, 0.29) is 15.6 Å². The fraction of sp³-hybridized carbons (Fsp3) is 0.0714. The average molecular weight is 319 g/mol. The van der Waals surface area contributed by atoms with Crippen LogP contribution in [0.25, 0.3) is 0 Å². The Morgan fingerprint density at radius 3 is 2.05 bits per heavy atom. The third-order valence-corrected chi connectivity index (χ3v) is 3.04. The topological polar surface area (TPSA) is 17.1 Å². The highest BCUT2D eigenvalue weighted by atomic mass is 35.5. The molecule has 0 amide bonds. The summed E-state index contributed by atoms with van der Waals surface area (Å²) in [6.45, 7) is 0. The number of halogens is 5. The molecule has 0 atom stereocenters. The molecule has 0 N–H and O–H groups in total. The quantitative estimate of drug-likeness (QED) is 0.692. The lowest BCUT2D eigenvalue weighted by atomic mass is 9.98. The van der Waals surface area contributed by atoms with E-state index in [2.05, 4.69) is 0 Å². The van der Waals surface area contributed by atoms with E-state index in [1.54, 1.807) is 0 Å². The normalized spacial score (nSPS) is 11.4. The number of carbonyl (C=O) groups excluding carboxylic acids is 1. The van der Waals surface area contributed by atoms with Crippen molar-refractivity contribution in [3.8, 4) is 0 Å². The lowest BCUT2D eigenvalue weighted by Crippen LogP contribution is -2.13. The van der Waals surface area contributed by atoms with Gasteiger partial charge in [0, 0.05) is 21.2 Å². The van der Waals surface area contributed by atoms with Crippen molar-refractivity contribution in [2.75, 3.05) is 0 Å². The van der Waals surface area contributed by atoms with E-state index in [1.807, 2.05) is 0 Å². The van der Waals surface area contributed by atoms with Crippen LogP contribution in [0.2, 0.25) is 10.0 Å². The summed E-state index contributed by atoms with van der Waals surface area (Å²) < 4.78 is 38.6. The Labute approximate surface area is 122 Å². The van der Waals surface area contributed by atoms with Crippen LogP contribution < -0.4 is 0 Å². The largest absolute Gasteiger partial charge is 0.417 e. The number of benzene rings is 2.